The summed E-state index contributed by atoms with van der Waals surface area (Å²) in [5.41, 5.74) is 3.66. The first-order valence-corrected chi connectivity index (χ1v) is 5.90. The molecule has 0 amide bonds. The molecule has 0 aliphatic rings. The average molecular weight is 211 g/mol. The van der Waals surface area contributed by atoms with Gasteiger partial charge in [-0.3, -0.25) is 4.98 Å². The Labute approximate surface area is 97.2 Å². The van der Waals surface area contributed by atoms with Gasteiger partial charge in [-0.2, -0.15) is 0 Å². The minimum atomic E-state index is 1.08. The lowest BCUT2D eigenvalue weighted by molar-refractivity contribution is 0.794. The summed E-state index contributed by atoms with van der Waals surface area (Å²) >= 11 is 0. The Morgan fingerprint density at radius 3 is 2.62 bits per heavy atom. The summed E-state index contributed by atoms with van der Waals surface area (Å²) in [5.74, 6) is 0. The van der Waals surface area contributed by atoms with Gasteiger partial charge >= 0.3 is 0 Å². The molecule has 0 bridgehead atoms. The first-order valence-electron chi connectivity index (χ1n) is 5.90. The molecule has 1 heterocycles. The number of aryl methyl sites for hydroxylation is 1. The van der Waals surface area contributed by atoms with Crippen LogP contribution in [0.2, 0.25) is 0 Å². The average Bonchev–Trinajstić information content (AvgIpc) is 2.38. The maximum absolute atomic E-state index is 4.42. The largest absolute Gasteiger partial charge is 0.256 e. The quantitative estimate of drug-likeness (QED) is 0.742. The molecule has 0 spiro atoms. The van der Waals surface area contributed by atoms with Crippen molar-refractivity contribution in [1.29, 1.82) is 0 Å². The van der Waals surface area contributed by atoms with Gasteiger partial charge in [0.1, 0.15) is 0 Å². The van der Waals surface area contributed by atoms with Crippen molar-refractivity contribution in [3.05, 3.63) is 54.2 Å². The van der Waals surface area contributed by atoms with Crippen molar-refractivity contribution in [1.82, 2.24) is 4.98 Å². The van der Waals surface area contributed by atoms with Gasteiger partial charge in [0, 0.05) is 11.8 Å². The molecule has 1 aromatic carbocycles. The van der Waals surface area contributed by atoms with Gasteiger partial charge in [0.15, 0.2) is 0 Å². The molecule has 1 heteroatoms. The minimum absolute atomic E-state index is 1.08. The Bertz CT molecular complexity index is 434. The molecule has 1 aromatic heterocycles. The third kappa shape index (κ3) is 2.69. The van der Waals surface area contributed by atoms with Gasteiger partial charge in [-0.15, -0.1) is 0 Å². The molecule has 2 aromatic rings. The fraction of sp³-hybridized carbons (Fsp3) is 0.267. The summed E-state index contributed by atoms with van der Waals surface area (Å²) < 4.78 is 0. The van der Waals surface area contributed by atoms with Crippen LogP contribution < -0.4 is 0 Å². The number of hydrogen-bond donors (Lipinski definition) is 0. The van der Waals surface area contributed by atoms with Crippen LogP contribution in [-0.2, 0) is 6.42 Å². The second-order valence-electron chi connectivity index (χ2n) is 4.02. The molecular weight excluding hydrogens is 194 g/mol. The van der Waals surface area contributed by atoms with E-state index in [2.05, 4.69) is 48.3 Å². The molecule has 0 unspecified atom stereocenters. The fourth-order valence-corrected chi connectivity index (χ4v) is 1.78. The van der Waals surface area contributed by atoms with Crippen LogP contribution in [0, 0.1) is 0 Å². The first kappa shape index (κ1) is 10.9. The van der Waals surface area contributed by atoms with E-state index in [1.807, 2.05) is 12.3 Å². The molecule has 2 rings (SSSR count). The SMILES string of the molecule is CCCCc1ccnc(-c2ccccc2)c1. The highest BCUT2D eigenvalue weighted by atomic mass is 14.7. The van der Waals surface area contributed by atoms with Gasteiger partial charge in [-0.05, 0) is 30.5 Å². The van der Waals surface area contributed by atoms with Gasteiger partial charge in [-0.25, -0.2) is 0 Å². The van der Waals surface area contributed by atoms with Crippen LogP contribution in [0.3, 0.4) is 0 Å². The van der Waals surface area contributed by atoms with Crippen molar-refractivity contribution < 1.29 is 0 Å². The highest BCUT2D eigenvalue weighted by Gasteiger charge is 1.99. The van der Waals surface area contributed by atoms with E-state index < -0.39 is 0 Å². The van der Waals surface area contributed by atoms with Crippen LogP contribution in [0.15, 0.2) is 48.7 Å². The van der Waals surface area contributed by atoms with Crippen molar-refractivity contribution >= 4 is 0 Å². The van der Waals surface area contributed by atoms with Gasteiger partial charge in [-0.1, -0.05) is 43.7 Å². The Morgan fingerprint density at radius 1 is 1.06 bits per heavy atom. The van der Waals surface area contributed by atoms with Gasteiger partial charge in [0.25, 0.3) is 0 Å². The lowest BCUT2D eigenvalue weighted by Crippen LogP contribution is -1.88. The lowest BCUT2D eigenvalue weighted by Gasteiger charge is -2.04. The lowest BCUT2D eigenvalue weighted by atomic mass is 10.1. The Morgan fingerprint density at radius 2 is 1.88 bits per heavy atom. The zero-order chi connectivity index (χ0) is 11.2. The Hall–Kier alpha value is -1.63. The number of aromatic nitrogens is 1. The molecule has 0 radical (unpaired) electrons. The molecular formula is C15H17N. The van der Waals surface area contributed by atoms with Crippen molar-refractivity contribution in [2.75, 3.05) is 0 Å². The summed E-state index contributed by atoms with van der Waals surface area (Å²) in [4.78, 5) is 4.42. The molecule has 0 N–H and O–H groups in total. The van der Waals surface area contributed by atoms with E-state index in [0.29, 0.717) is 0 Å². The zero-order valence-electron chi connectivity index (χ0n) is 9.69. The van der Waals surface area contributed by atoms with Crippen LogP contribution in [-0.4, -0.2) is 4.98 Å². The van der Waals surface area contributed by atoms with E-state index in [9.17, 15) is 0 Å². The maximum atomic E-state index is 4.42. The van der Waals surface area contributed by atoms with E-state index in [1.165, 1.54) is 24.0 Å². The molecule has 1 nitrogen and oxygen atoms in total. The predicted molar refractivity (Wildman–Crippen MR) is 68.3 cm³/mol. The number of hydrogen-bond acceptors (Lipinski definition) is 1. The van der Waals surface area contributed by atoms with E-state index in [1.54, 1.807) is 0 Å². The van der Waals surface area contributed by atoms with Crippen LogP contribution in [0.25, 0.3) is 11.3 Å². The zero-order valence-corrected chi connectivity index (χ0v) is 9.69. The van der Waals surface area contributed by atoms with Crippen LogP contribution in [0.4, 0.5) is 0 Å². The molecule has 0 fully saturated rings. The third-order valence-electron chi connectivity index (χ3n) is 2.71. The number of unbranched alkanes of at least 4 members (excludes halogenated alkanes) is 1. The van der Waals surface area contributed by atoms with Crippen molar-refractivity contribution in [2.45, 2.75) is 26.2 Å². The second kappa shape index (κ2) is 5.45. The minimum Gasteiger partial charge on any atom is -0.256 e. The maximum Gasteiger partial charge on any atom is 0.0704 e. The van der Waals surface area contributed by atoms with Gasteiger partial charge < -0.3 is 0 Å². The predicted octanol–water partition coefficient (Wildman–Crippen LogP) is 4.09. The number of benzene rings is 1. The van der Waals surface area contributed by atoms with Crippen molar-refractivity contribution in [3.8, 4) is 11.3 Å². The summed E-state index contributed by atoms with van der Waals surface area (Å²) in [6, 6.07) is 14.7. The van der Waals surface area contributed by atoms with E-state index in [0.717, 1.165) is 12.1 Å². The summed E-state index contributed by atoms with van der Waals surface area (Å²) in [7, 11) is 0. The smallest absolute Gasteiger partial charge is 0.0704 e. The first-order chi connectivity index (χ1) is 7.90. The molecule has 0 aliphatic heterocycles. The Balaban J connectivity index is 2.22. The van der Waals surface area contributed by atoms with Crippen molar-refractivity contribution in [2.24, 2.45) is 0 Å². The van der Waals surface area contributed by atoms with E-state index in [-0.39, 0.29) is 0 Å². The standard InChI is InChI=1S/C15H17N/c1-2-3-7-13-10-11-16-15(12-13)14-8-5-4-6-9-14/h4-6,8-12H,2-3,7H2,1H3. The van der Waals surface area contributed by atoms with Crippen LogP contribution in [0.5, 0.6) is 0 Å². The van der Waals surface area contributed by atoms with Gasteiger partial charge in [0.2, 0.25) is 0 Å². The molecule has 0 atom stereocenters. The van der Waals surface area contributed by atoms with Crippen LogP contribution in [0.1, 0.15) is 25.3 Å². The molecule has 0 saturated heterocycles. The number of nitrogens with zero attached hydrogens (tertiary/aromatic N) is 1. The fourth-order valence-electron chi connectivity index (χ4n) is 1.78. The highest BCUT2D eigenvalue weighted by Crippen LogP contribution is 2.17. The highest BCUT2D eigenvalue weighted by molar-refractivity contribution is 5.59. The molecule has 16 heavy (non-hydrogen) atoms. The topological polar surface area (TPSA) is 12.9 Å². The monoisotopic (exact) mass is 211 g/mol. The number of pyridine rings is 1. The summed E-state index contributed by atoms with van der Waals surface area (Å²) in [6.07, 6.45) is 5.55. The second-order valence-corrected chi connectivity index (χ2v) is 4.02. The normalized spacial score (nSPS) is 10.3. The molecule has 0 aliphatic carbocycles. The molecule has 0 saturated carbocycles. The number of rotatable bonds is 4. The molecule has 82 valence electrons. The van der Waals surface area contributed by atoms with Crippen LogP contribution >= 0.6 is 0 Å². The van der Waals surface area contributed by atoms with Gasteiger partial charge in [0.05, 0.1) is 5.69 Å². The van der Waals surface area contributed by atoms with E-state index in [4.69, 9.17) is 0 Å². The third-order valence-corrected chi connectivity index (χ3v) is 2.71. The summed E-state index contributed by atoms with van der Waals surface area (Å²) in [5, 5.41) is 0. The summed E-state index contributed by atoms with van der Waals surface area (Å²) in [6.45, 7) is 2.22. The Kier molecular flexibility index (Phi) is 3.71. The van der Waals surface area contributed by atoms with Crippen molar-refractivity contribution in [3.63, 3.8) is 0 Å². The van der Waals surface area contributed by atoms with E-state index >= 15 is 0 Å².